The summed E-state index contributed by atoms with van der Waals surface area (Å²) in [6.07, 6.45) is 2.83. The van der Waals surface area contributed by atoms with E-state index in [4.69, 9.17) is 0 Å². The minimum absolute atomic E-state index is 0.0563. The Morgan fingerprint density at radius 2 is 1.67 bits per heavy atom. The minimum atomic E-state index is -0.239. The predicted octanol–water partition coefficient (Wildman–Crippen LogP) is 1.39. The van der Waals surface area contributed by atoms with Crippen molar-refractivity contribution < 1.29 is 14.0 Å². The molecule has 4 rings (SSSR count). The van der Waals surface area contributed by atoms with E-state index in [-0.39, 0.29) is 29.5 Å². The van der Waals surface area contributed by atoms with Crippen molar-refractivity contribution in [1.29, 1.82) is 0 Å². The number of anilines is 1. The van der Waals surface area contributed by atoms with Gasteiger partial charge < -0.3 is 15.1 Å². The smallest absolute Gasteiger partial charge is 0.226 e. The molecule has 0 radical (unpaired) electrons. The summed E-state index contributed by atoms with van der Waals surface area (Å²) >= 11 is 0. The molecule has 1 heterocycles. The van der Waals surface area contributed by atoms with Gasteiger partial charge in [-0.1, -0.05) is 0 Å². The molecule has 6 heteroatoms. The number of nitrogens with zero attached hydrogens (tertiary/aromatic N) is 2. The van der Waals surface area contributed by atoms with Gasteiger partial charge in [-0.25, -0.2) is 4.39 Å². The molecule has 128 valence electrons. The fourth-order valence-electron chi connectivity index (χ4n) is 3.37. The Morgan fingerprint density at radius 1 is 1.00 bits per heavy atom. The second kappa shape index (κ2) is 6.07. The van der Waals surface area contributed by atoms with E-state index in [1.54, 1.807) is 12.1 Å². The van der Waals surface area contributed by atoms with Crippen LogP contribution in [0, 0.1) is 17.7 Å². The summed E-state index contributed by atoms with van der Waals surface area (Å²) in [6, 6.07) is 6.81. The van der Waals surface area contributed by atoms with E-state index in [1.165, 1.54) is 12.1 Å². The van der Waals surface area contributed by atoms with Gasteiger partial charge in [0.25, 0.3) is 0 Å². The van der Waals surface area contributed by atoms with Crippen LogP contribution in [-0.2, 0) is 9.59 Å². The zero-order valence-electron chi connectivity index (χ0n) is 13.6. The number of benzene rings is 1. The Bertz CT molecular complexity index is 636. The van der Waals surface area contributed by atoms with Gasteiger partial charge in [0.05, 0.1) is 11.8 Å². The van der Waals surface area contributed by atoms with Crippen LogP contribution < -0.4 is 10.2 Å². The Labute approximate surface area is 140 Å². The molecular formula is C18H22FN3O2. The van der Waals surface area contributed by atoms with Crippen LogP contribution in [0.5, 0.6) is 0 Å². The van der Waals surface area contributed by atoms with Gasteiger partial charge in [0.1, 0.15) is 5.82 Å². The van der Waals surface area contributed by atoms with Gasteiger partial charge >= 0.3 is 0 Å². The molecule has 2 aliphatic carbocycles. The molecule has 2 unspecified atom stereocenters. The average Bonchev–Trinajstić information content (AvgIpc) is 3.49. The van der Waals surface area contributed by atoms with E-state index in [1.807, 2.05) is 4.90 Å². The molecule has 1 N–H and O–H groups in total. The van der Waals surface area contributed by atoms with Crippen LogP contribution in [0.1, 0.15) is 19.3 Å². The summed E-state index contributed by atoms with van der Waals surface area (Å²) in [5, 5.41) is 2.99. The van der Waals surface area contributed by atoms with Crippen LogP contribution in [0.25, 0.3) is 0 Å². The molecule has 2 amide bonds. The standard InChI is InChI=1S/C18H22FN3O2/c19-12-1-5-14(6-2-12)21-7-9-22(10-8-21)18(24)16-11-15(16)17(23)20-13-3-4-13/h1-2,5-6,13,15-16H,3-4,7-11H2,(H,20,23). The maximum Gasteiger partial charge on any atom is 0.226 e. The van der Waals surface area contributed by atoms with Gasteiger partial charge in [-0.05, 0) is 43.5 Å². The molecule has 1 aromatic carbocycles. The van der Waals surface area contributed by atoms with Gasteiger partial charge in [-0.2, -0.15) is 0 Å². The molecule has 1 aromatic rings. The number of hydrogen-bond donors (Lipinski definition) is 1. The molecule has 1 saturated heterocycles. The first kappa shape index (κ1) is 15.4. The van der Waals surface area contributed by atoms with Crippen molar-refractivity contribution in [1.82, 2.24) is 10.2 Å². The number of amides is 2. The van der Waals surface area contributed by atoms with Crippen molar-refractivity contribution in [2.75, 3.05) is 31.1 Å². The Morgan fingerprint density at radius 3 is 2.29 bits per heavy atom. The third kappa shape index (κ3) is 3.23. The molecule has 0 bridgehead atoms. The number of piperazine rings is 1. The highest BCUT2D eigenvalue weighted by Gasteiger charge is 2.50. The fraction of sp³-hybridized carbons (Fsp3) is 0.556. The molecular weight excluding hydrogens is 309 g/mol. The highest BCUT2D eigenvalue weighted by Crippen LogP contribution is 2.41. The Hall–Kier alpha value is -2.11. The maximum atomic E-state index is 13.0. The van der Waals surface area contributed by atoms with Gasteiger partial charge in [-0.15, -0.1) is 0 Å². The largest absolute Gasteiger partial charge is 0.368 e. The van der Waals surface area contributed by atoms with Gasteiger partial charge in [-0.3, -0.25) is 9.59 Å². The van der Waals surface area contributed by atoms with Crippen LogP contribution in [0.4, 0.5) is 10.1 Å². The Balaban J connectivity index is 1.27. The second-order valence-electron chi connectivity index (χ2n) is 7.02. The zero-order chi connectivity index (χ0) is 16.7. The third-order valence-corrected chi connectivity index (χ3v) is 5.15. The first-order valence-electron chi connectivity index (χ1n) is 8.71. The molecule has 1 aliphatic heterocycles. The molecule has 3 fully saturated rings. The van der Waals surface area contributed by atoms with Gasteiger partial charge in [0, 0.05) is 37.9 Å². The normalized spacial score (nSPS) is 26.2. The summed E-state index contributed by atoms with van der Waals surface area (Å²) in [7, 11) is 0. The number of rotatable bonds is 4. The maximum absolute atomic E-state index is 13.0. The van der Waals surface area contributed by atoms with Crippen molar-refractivity contribution in [2.45, 2.75) is 25.3 Å². The van der Waals surface area contributed by atoms with E-state index >= 15 is 0 Å². The molecule has 24 heavy (non-hydrogen) atoms. The summed E-state index contributed by atoms with van der Waals surface area (Å²) in [6.45, 7) is 2.79. The van der Waals surface area contributed by atoms with Crippen molar-refractivity contribution in [3.63, 3.8) is 0 Å². The molecule has 0 spiro atoms. The summed E-state index contributed by atoms with van der Waals surface area (Å²) in [5.74, 6) is -0.309. The van der Waals surface area contributed by atoms with Crippen molar-refractivity contribution in [3.05, 3.63) is 30.1 Å². The SMILES string of the molecule is O=C(NC1CC1)C1CC1C(=O)N1CCN(c2ccc(F)cc2)CC1. The summed E-state index contributed by atoms with van der Waals surface area (Å²) in [5.41, 5.74) is 0.983. The average molecular weight is 331 g/mol. The third-order valence-electron chi connectivity index (χ3n) is 5.15. The van der Waals surface area contributed by atoms with Crippen LogP contribution in [-0.4, -0.2) is 48.9 Å². The van der Waals surface area contributed by atoms with E-state index in [9.17, 15) is 14.0 Å². The quantitative estimate of drug-likeness (QED) is 0.907. The second-order valence-corrected chi connectivity index (χ2v) is 7.02. The lowest BCUT2D eigenvalue weighted by Crippen LogP contribution is -2.49. The first-order valence-corrected chi connectivity index (χ1v) is 8.71. The predicted molar refractivity (Wildman–Crippen MR) is 88.0 cm³/mol. The van der Waals surface area contributed by atoms with E-state index in [0.29, 0.717) is 25.6 Å². The molecule has 5 nitrogen and oxygen atoms in total. The lowest BCUT2D eigenvalue weighted by atomic mass is 10.2. The van der Waals surface area contributed by atoms with Gasteiger partial charge in [0.15, 0.2) is 0 Å². The summed E-state index contributed by atoms with van der Waals surface area (Å²) in [4.78, 5) is 28.6. The van der Waals surface area contributed by atoms with Crippen molar-refractivity contribution >= 4 is 17.5 Å². The number of carbonyl (C=O) groups is 2. The Kier molecular flexibility index (Phi) is 3.90. The number of carbonyl (C=O) groups excluding carboxylic acids is 2. The topological polar surface area (TPSA) is 52.7 Å². The molecule has 3 aliphatic rings. The highest BCUT2D eigenvalue weighted by atomic mass is 19.1. The van der Waals surface area contributed by atoms with Crippen LogP contribution in [0.2, 0.25) is 0 Å². The molecule has 0 aromatic heterocycles. The van der Waals surface area contributed by atoms with Crippen LogP contribution in [0.15, 0.2) is 24.3 Å². The number of halogens is 1. The highest BCUT2D eigenvalue weighted by molar-refractivity contribution is 5.92. The van der Waals surface area contributed by atoms with Gasteiger partial charge in [0.2, 0.25) is 11.8 Å². The van der Waals surface area contributed by atoms with E-state index < -0.39 is 0 Å². The summed E-state index contributed by atoms with van der Waals surface area (Å²) < 4.78 is 13.0. The first-order chi connectivity index (χ1) is 11.6. The molecule has 2 saturated carbocycles. The van der Waals surface area contributed by atoms with Crippen molar-refractivity contribution in [3.8, 4) is 0 Å². The zero-order valence-corrected chi connectivity index (χ0v) is 13.6. The van der Waals surface area contributed by atoms with E-state index in [0.717, 1.165) is 31.6 Å². The number of hydrogen-bond acceptors (Lipinski definition) is 3. The fourth-order valence-corrected chi connectivity index (χ4v) is 3.37. The molecule has 2 atom stereocenters. The lowest BCUT2D eigenvalue weighted by molar-refractivity contribution is -0.135. The minimum Gasteiger partial charge on any atom is -0.368 e. The van der Waals surface area contributed by atoms with Crippen LogP contribution >= 0.6 is 0 Å². The number of nitrogens with one attached hydrogen (secondary N) is 1. The van der Waals surface area contributed by atoms with Crippen molar-refractivity contribution in [2.24, 2.45) is 11.8 Å². The van der Waals surface area contributed by atoms with E-state index in [2.05, 4.69) is 10.2 Å². The lowest BCUT2D eigenvalue weighted by Gasteiger charge is -2.36. The monoisotopic (exact) mass is 331 g/mol. The van der Waals surface area contributed by atoms with Crippen LogP contribution in [0.3, 0.4) is 0 Å².